The number of hydrogen-bond acceptors (Lipinski definition) is 3. The van der Waals surface area contributed by atoms with E-state index in [1.54, 1.807) is 0 Å². The van der Waals surface area contributed by atoms with Crippen LogP contribution >= 0.6 is 0 Å². The first-order valence-electron chi connectivity index (χ1n) is 12.1. The fourth-order valence-electron chi connectivity index (χ4n) is 4.95. The van der Waals surface area contributed by atoms with Crippen LogP contribution < -0.4 is 9.64 Å². The van der Waals surface area contributed by atoms with E-state index in [2.05, 4.69) is 61.7 Å². The van der Waals surface area contributed by atoms with Crippen molar-refractivity contribution in [1.29, 1.82) is 0 Å². The lowest BCUT2D eigenvalue weighted by atomic mass is 10.1. The highest BCUT2D eigenvalue weighted by atomic mass is 16.5. The Morgan fingerprint density at radius 2 is 1.74 bits per heavy atom. The molecule has 3 aromatic carbocycles. The summed E-state index contributed by atoms with van der Waals surface area (Å²) in [5.41, 5.74) is 6.66. The van der Waals surface area contributed by atoms with E-state index in [1.807, 2.05) is 35.2 Å². The Morgan fingerprint density at radius 1 is 1.00 bits per heavy atom. The van der Waals surface area contributed by atoms with Crippen LogP contribution in [0.5, 0.6) is 5.75 Å². The summed E-state index contributed by atoms with van der Waals surface area (Å²) in [4.78, 5) is 19.9. The van der Waals surface area contributed by atoms with E-state index in [0.717, 1.165) is 34.7 Å². The molecule has 0 N–H and O–H groups in total. The minimum atomic E-state index is 0.0459. The molecule has 0 saturated carbocycles. The summed E-state index contributed by atoms with van der Waals surface area (Å²) >= 11 is 0. The van der Waals surface area contributed by atoms with Crippen LogP contribution in [0.3, 0.4) is 0 Å². The van der Waals surface area contributed by atoms with Crippen LogP contribution in [0.4, 0.5) is 5.69 Å². The van der Waals surface area contributed by atoms with Gasteiger partial charge in [-0.1, -0.05) is 37.3 Å². The number of carbonyl (C=O) groups is 1. The number of carbonyl (C=O) groups excluding carboxylic acids is 1. The van der Waals surface area contributed by atoms with Crippen molar-refractivity contribution in [3.63, 3.8) is 0 Å². The zero-order valence-corrected chi connectivity index (χ0v) is 20.1. The highest BCUT2D eigenvalue weighted by Gasteiger charge is 2.35. The maximum Gasteiger partial charge on any atom is 0.227 e. The van der Waals surface area contributed by atoms with Crippen LogP contribution in [0.25, 0.3) is 11.0 Å². The van der Waals surface area contributed by atoms with Gasteiger partial charge in [-0.25, -0.2) is 4.98 Å². The first-order valence-corrected chi connectivity index (χ1v) is 12.1. The average molecular weight is 454 g/mol. The van der Waals surface area contributed by atoms with Gasteiger partial charge in [-0.05, 0) is 73.4 Å². The fraction of sp³-hybridized carbons (Fsp3) is 0.310. The largest absolute Gasteiger partial charge is 0.492 e. The molecule has 5 heteroatoms. The second kappa shape index (κ2) is 9.34. The van der Waals surface area contributed by atoms with E-state index in [0.29, 0.717) is 26.1 Å². The Labute approximate surface area is 201 Å². The van der Waals surface area contributed by atoms with Crippen LogP contribution in [-0.2, 0) is 17.8 Å². The summed E-state index contributed by atoms with van der Waals surface area (Å²) < 4.78 is 8.29. The van der Waals surface area contributed by atoms with Crippen molar-refractivity contribution in [2.75, 3.05) is 18.1 Å². The minimum absolute atomic E-state index is 0.0459. The van der Waals surface area contributed by atoms with Gasteiger partial charge in [-0.15, -0.1) is 0 Å². The second-order valence-corrected chi connectivity index (χ2v) is 9.21. The van der Waals surface area contributed by atoms with Gasteiger partial charge in [0.25, 0.3) is 0 Å². The van der Waals surface area contributed by atoms with E-state index in [4.69, 9.17) is 9.72 Å². The van der Waals surface area contributed by atoms with Crippen molar-refractivity contribution in [3.8, 4) is 5.75 Å². The van der Waals surface area contributed by atoms with Crippen LogP contribution in [0.2, 0.25) is 0 Å². The number of aromatic nitrogens is 2. The number of fused-ring (bicyclic) bond motifs is 1. The number of amides is 1. The Bertz CT molecular complexity index is 1300. The van der Waals surface area contributed by atoms with Gasteiger partial charge in [-0.3, -0.25) is 4.79 Å². The highest BCUT2D eigenvalue weighted by Crippen LogP contribution is 2.34. The summed E-state index contributed by atoms with van der Waals surface area (Å²) in [5, 5.41) is 0. The van der Waals surface area contributed by atoms with Crippen LogP contribution in [0, 0.1) is 13.8 Å². The van der Waals surface area contributed by atoms with Gasteiger partial charge < -0.3 is 14.2 Å². The number of imidazole rings is 1. The monoisotopic (exact) mass is 453 g/mol. The molecule has 5 rings (SSSR count). The molecule has 1 saturated heterocycles. The molecule has 1 fully saturated rings. The zero-order chi connectivity index (χ0) is 23.7. The maximum atomic E-state index is 13.0. The molecule has 2 heterocycles. The van der Waals surface area contributed by atoms with Crippen molar-refractivity contribution in [1.82, 2.24) is 9.55 Å². The molecule has 1 unspecified atom stereocenters. The van der Waals surface area contributed by atoms with Crippen molar-refractivity contribution >= 4 is 22.6 Å². The molecule has 1 aromatic heterocycles. The number of ether oxygens (including phenoxy) is 1. The molecule has 1 atom stereocenters. The van der Waals surface area contributed by atoms with Crippen LogP contribution in [0.15, 0.2) is 66.7 Å². The molecule has 1 aliphatic heterocycles. The van der Waals surface area contributed by atoms with E-state index >= 15 is 0 Å². The molecule has 0 aliphatic carbocycles. The molecule has 1 amide bonds. The Hall–Kier alpha value is -3.60. The Morgan fingerprint density at radius 3 is 2.47 bits per heavy atom. The molecule has 174 valence electrons. The van der Waals surface area contributed by atoms with Gasteiger partial charge >= 0.3 is 0 Å². The number of benzene rings is 3. The molecular weight excluding hydrogens is 422 g/mol. The smallest absolute Gasteiger partial charge is 0.227 e. The third-order valence-electron chi connectivity index (χ3n) is 6.61. The Balaban J connectivity index is 1.38. The number of para-hydroxylation sites is 2. The molecule has 0 radical (unpaired) electrons. The normalized spacial score (nSPS) is 15.9. The van der Waals surface area contributed by atoms with Gasteiger partial charge in [-0.2, -0.15) is 0 Å². The minimum Gasteiger partial charge on any atom is -0.492 e. The quantitative estimate of drug-likeness (QED) is 0.354. The standard InChI is InChI=1S/C29H31N3O2/c1-4-22-9-11-25(12-10-22)34-14-13-31-27-8-6-5-7-26(27)30-29(31)23-18-28(33)32(19-23)24-16-20(2)15-21(3)17-24/h5-12,15-17,23H,4,13-14,18-19H2,1-3H3. The lowest BCUT2D eigenvalue weighted by molar-refractivity contribution is -0.117. The van der Waals surface area contributed by atoms with Crippen molar-refractivity contribution in [2.24, 2.45) is 0 Å². The van der Waals surface area contributed by atoms with E-state index in [1.165, 1.54) is 16.7 Å². The van der Waals surface area contributed by atoms with Gasteiger partial charge in [0, 0.05) is 24.6 Å². The molecule has 1 aliphatic rings. The number of rotatable bonds is 7. The van der Waals surface area contributed by atoms with Crippen molar-refractivity contribution < 1.29 is 9.53 Å². The van der Waals surface area contributed by atoms with Gasteiger partial charge in [0.05, 0.1) is 17.6 Å². The third-order valence-corrected chi connectivity index (χ3v) is 6.61. The predicted octanol–water partition coefficient (Wildman–Crippen LogP) is 5.82. The van der Waals surface area contributed by atoms with E-state index in [-0.39, 0.29) is 11.8 Å². The average Bonchev–Trinajstić information content (AvgIpc) is 3.39. The molecule has 34 heavy (non-hydrogen) atoms. The lowest BCUT2D eigenvalue weighted by Gasteiger charge is -2.19. The predicted molar refractivity (Wildman–Crippen MR) is 137 cm³/mol. The van der Waals surface area contributed by atoms with Crippen LogP contribution in [0.1, 0.15) is 41.8 Å². The number of aryl methyl sites for hydroxylation is 3. The van der Waals surface area contributed by atoms with E-state index < -0.39 is 0 Å². The summed E-state index contributed by atoms with van der Waals surface area (Å²) in [7, 11) is 0. The van der Waals surface area contributed by atoms with E-state index in [9.17, 15) is 4.79 Å². The molecule has 4 aromatic rings. The van der Waals surface area contributed by atoms with Crippen molar-refractivity contribution in [3.05, 3.63) is 89.2 Å². The number of nitrogens with zero attached hydrogens (tertiary/aromatic N) is 3. The number of hydrogen-bond donors (Lipinski definition) is 0. The van der Waals surface area contributed by atoms with Gasteiger partial charge in [0.1, 0.15) is 18.2 Å². The first-order chi connectivity index (χ1) is 16.5. The first kappa shape index (κ1) is 22.2. The fourth-order valence-corrected chi connectivity index (χ4v) is 4.95. The maximum absolute atomic E-state index is 13.0. The van der Waals surface area contributed by atoms with Gasteiger partial charge in [0.2, 0.25) is 5.91 Å². The van der Waals surface area contributed by atoms with Gasteiger partial charge in [0.15, 0.2) is 0 Å². The molecular formula is C29H31N3O2. The summed E-state index contributed by atoms with van der Waals surface area (Å²) in [5.74, 6) is 2.04. The zero-order valence-electron chi connectivity index (χ0n) is 20.1. The highest BCUT2D eigenvalue weighted by molar-refractivity contribution is 5.96. The van der Waals surface area contributed by atoms with Crippen LogP contribution in [-0.4, -0.2) is 28.6 Å². The summed E-state index contributed by atoms with van der Waals surface area (Å²) in [6.07, 6.45) is 1.49. The van der Waals surface area contributed by atoms with Crippen molar-refractivity contribution in [2.45, 2.75) is 46.1 Å². The topological polar surface area (TPSA) is 47.4 Å². The molecule has 5 nitrogen and oxygen atoms in total. The lowest BCUT2D eigenvalue weighted by Crippen LogP contribution is -2.25. The second-order valence-electron chi connectivity index (χ2n) is 9.21. The SMILES string of the molecule is CCc1ccc(OCCn2c(C3CC(=O)N(c4cc(C)cc(C)c4)C3)nc3ccccc32)cc1. The summed E-state index contributed by atoms with van der Waals surface area (Å²) in [6, 6.07) is 22.8. The third kappa shape index (κ3) is 4.43. The summed E-state index contributed by atoms with van der Waals surface area (Å²) in [6.45, 7) is 8.16. The molecule has 0 bridgehead atoms. The molecule has 0 spiro atoms. The number of anilines is 1. The Kier molecular flexibility index (Phi) is 6.10.